The third-order valence-electron chi connectivity index (χ3n) is 2.76. The summed E-state index contributed by atoms with van der Waals surface area (Å²) >= 11 is 6.04. The number of benzene rings is 2. The van der Waals surface area contributed by atoms with Gasteiger partial charge in [0.05, 0.1) is 11.6 Å². The maximum absolute atomic E-state index is 13.5. The average molecular weight is 298 g/mol. The highest BCUT2D eigenvalue weighted by molar-refractivity contribution is 6.32. The van der Waals surface area contributed by atoms with Crippen molar-refractivity contribution in [2.45, 2.75) is 13.5 Å². The molecule has 2 aromatic rings. The van der Waals surface area contributed by atoms with Gasteiger partial charge >= 0.3 is 0 Å². The van der Waals surface area contributed by atoms with Crippen LogP contribution in [0.25, 0.3) is 0 Å². The fraction of sp³-hybridized carbons (Fsp3) is 0.200. The van der Waals surface area contributed by atoms with E-state index in [2.05, 4.69) is 5.32 Å². The number of halogens is 3. The van der Waals surface area contributed by atoms with E-state index in [1.807, 2.05) is 6.92 Å². The normalized spacial score (nSPS) is 10.4. The molecule has 2 aromatic carbocycles. The van der Waals surface area contributed by atoms with E-state index in [0.717, 1.165) is 0 Å². The summed E-state index contributed by atoms with van der Waals surface area (Å²) in [7, 11) is 0. The Morgan fingerprint density at radius 2 is 1.85 bits per heavy atom. The summed E-state index contributed by atoms with van der Waals surface area (Å²) in [5, 5.41) is 3.38. The molecule has 0 fully saturated rings. The molecule has 0 saturated carbocycles. The van der Waals surface area contributed by atoms with Gasteiger partial charge in [0.15, 0.2) is 0 Å². The van der Waals surface area contributed by atoms with E-state index in [4.69, 9.17) is 16.3 Å². The lowest BCUT2D eigenvalue weighted by molar-refractivity contribution is 0.340. The van der Waals surface area contributed by atoms with Gasteiger partial charge in [-0.25, -0.2) is 8.78 Å². The third-order valence-corrected chi connectivity index (χ3v) is 3.06. The van der Waals surface area contributed by atoms with Crippen molar-refractivity contribution in [1.82, 2.24) is 0 Å². The Hall–Kier alpha value is -1.81. The van der Waals surface area contributed by atoms with Gasteiger partial charge in [0, 0.05) is 17.8 Å². The molecule has 0 radical (unpaired) electrons. The molecule has 0 amide bonds. The second kappa shape index (κ2) is 6.57. The molecule has 0 saturated heterocycles. The summed E-state index contributed by atoms with van der Waals surface area (Å²) in [4.78, 5) is 0. The van der Waals surface area contributed by atoms with Gasteiger partial charge in [0.1, 0.15) is 17.4 Å². The highest BCUT2D eigenvalue weighted by Crippen LogP contribution is 2.28. The molecule has 0 bridgehead atoms. The van der Waals surface area contributed by atoms with Crippen molar-refractivity contribution in [3.63, 3.8) is 0 Å². The molecule has 0 aliphatic rings. The summed E-state index contributed by atoms with van der Waals surface area (Å²) in [5.74, 6) is -0.569. The molecule has 0 heterocycles. The second-order valence-corrected chi connectivity index (χ2v) is 4.54. The van der Waals surface area contributed by atoms with Crippen LogP contribution in [0.5, 0.6) is 5.75 Å². The van der Waals surface area contributed by atoms with Gasteiger partial charge in [-0.15, -0.1) is 0 Å². The molecule has 5 heteroatoms. The predicted molar refractivity (Wildman–Crippen MR) is 76.3 cm³/mol. The molecule has 0 aliphatic carbocycles. The molecule has 0 aliphatic heterocycles. The molecule has 0 unspecified atom stereocenters. The lowest BCUT2D eigenvalue weighted by Crippen LogP contribution is -2.04. The molecule has 2 rings (SSSR count). The van der Waals surface area contributed by atoms with Crippen molar-refractivity contribution in [2.24, 2.45) is 0 Å². The van der Waals surface area contributed by atoms with Crippen LogP contribution in [0.3, 0.4) is 0 Å². The van der Waals surface area contributed by atoms with Crippen LogP contribution >= 0.6 is 11.6 Å². The molecular formula is C15H14ClF2NO. The maximum Gasteiger partial charge on any atom is 0.138 e. The number of nitrogens with one attached hydrogen (secondary N) is 1. The molecule has 0 aromatic heterocycles. The fourth-order valence-electron chi connectivity index (χ4n) is 1.78. The molecule has 1 N–H and O–H groups in total. The molecule has 106 valence electrons. The van der Waals surface area contributed by atoms with Crippen molar-refractivity contribution in [2.75, 3.05) is 11.9 Å². The Kier molecular flexibility index (Phi) is 4.79. The van der Waals surface area contributed by atoms with E-state index in [0.29, 0.717) is 23.1 Å². The fourth-order valence-corrected chi connectivity index (χ4v) is 2.01. The van der Waals surface area contributed by atoms with Crippen LogP contribution < -0.4 is 10.1 Å². The van der Waals surface area contributed by atoms with E-state index in [1.54, 1.807) is 18.2 Å². The molecule has 0 atom stereocenters. The van der Waals surface area contributed by atoms with Gasteiger partial charge in [-0.05, 0) is 37.3 Å². The first kappa shape index (κ1) is 14.6. The van der Waals surface area contributed by atoms with E-state index >= 15 is 0 Å². The first-order valence-electron chi connectivity index (χ1n) is 6.21. The van der Waals surface area contributed by atoms with Crippen molar-refractivity contribution in [1.29, 1.82) is 0 Å². The first-order chi connectivity index (χ1) is 9.61. The van der Waals surface area contributed by atoms with Crippen molar-refractivity contribution >= 4 is 17.3 Å². The Morgan fingerprint density at radius 1 is 1.15 bits per heavy atom. The Labute approximate surface area is 121 Å². The topological polar surface area (TPSA) is 21.3 Å². The Morgan fingerprint density at radius 3 is 2.45 bits per heavy atom. The van der Waals surface area contributed by atoms with Gasteiger partial charge in [0.2, 0.25) is 0 Å². The van der Waals surface area contributed by atoms with Crippen LogP contribution in [-0.4, -0.2) is 6.61 Å². The summed E-state index contributed by atoms with van der Waals surface area (Å²) in [6, 6.07) is 8.91. The van der Waals surface area contributed by atoms with Crippen LogP contribution in [0, 0.1) is 11.6 Å². The minimum atomic E-state index is -0.575. The van der Waals surface area contributed by atoms with Gasteiger partial charge in [0.25, 0.3) is 0 Å². The highest BCUT2D eigenvalue weighted by Gasteiger charge is 2.08. The minimum absolute atomic E-state index is 0.00231. The smallest absolute Gasteiger partial charge is 0.138 e. The molecule has 0 spiro atoms. The van der Waals surface area contributed by atoms with Crippen LogP contribution in [0.2, 0.25) is 5.02 Å². The van der Waals surface area contributed by atoms with Crippen LogP contribution in [-0.2, 0) is 6.54 Å². The zero-order valence-corrected chi connectivity index (χ0v) is 11.7. The highest BCUT2D eigenvalue weighted by atomic mass is 35.5. The largest absolute Gasteiger partial charge is 0.492 e. The summed E-state index contributed by atoms with van der Waals surface area (Å²) in [5.41, 5.74) is 0.665. The first-order valence-corrected chi connectivity index (χ1v) is 6.58. The predicted octanol–water partition coefficient (Wildman–Crippen LogP) is 4.63. The standard InChI is InChI=1S/C15H14ClF2NO/c1-2-20-15-7-6-10(8-12(15)16)19-9-11-13(17)4-3-5-14(11)18/h3-8,19H,2,9H2,1H3. The monoisotopic (exact) mass is 297 g/mol. The summed E-state index contributed by atoms with van der Waals surface area (Å²) in [6.45, 7) is 2.43. The van der Waals surface area contributed by atoms with Crippen molar-refractivity contribution < 1.29 is 13.5 Å². The third kappa shape index (κ3) is 3.39. The van der Waals surface area contributed by atoms with Crippen molar-refractivity contribution in [3.05, 3.63) is 58.6 Å². The zero-order chi connectivity index (χ0) is 14.5. The van der Waals surface area contributed by atoms with Gasteiger partial charge < -0.3 is 10.1 Å². The summed E-state index contributed by atoms with van der Waals surface area (Å²) < 4.78 is 32.3. The van der Waals surface area contributed by atoms with E-state index in [1.165, 1.54) is 18.2 Å². The van der Waals surface area contributed by atoms with Crippen LogP contribution in [0.4, 0.5) is 14.5 Å². The minimum Gasteiger partial charge on any atom is -0.492 e. The molecule has 2 nitrogen and oxygen atoms in total. The lowest BCUT2D eigenvalue weighted by Gasteiger charge is -2.11. The Balaban J connectivity index is 2.09. The number of hydrogen-bond acceptors (Lipinski definition) is 2. The van der Waals surface area contributed by atoms with Crippen molar-refractivity contribution in [3.8, 4) is 5.75 Å². The molecule has 20 heavy (non-hydrogen) atoms. The average Bonchev–Trinajstić information content (AvgIpc) is 2.41. The lowest BCUT2D eigenvalue weighted by atomic mass is 10.2. The Bertz CT molecular complexity index is 584. The van der Waals surface area contributed by atoms with Gasteiger partial charge in [-0.1, -0.05) is 17.7 Å². The van der Waals surface area contributed by atoms with Gasteiger partial charge in [-0.3, -0.25) is 0 Å². The zero-order valence-electron chi connectivity index (χ0n) is 10.9. The number of hydrogen-bond donors (Lipinski definition) is 1. The summed E-state index contributed by atoms with van der Waals surface area (Å²) in [6.07, 6.45) is 0. The number of rotatable bonds is 5. The van der Waals surface area contributed by atoms with Crippen LogP contribution in [0.15, 0.2) is 36.4 Å². The van der Waals surface area contributed by atoms with E-state index in [-0.39, 0.29) is 12.1 Å². The van der Waals surface area contributed by atoms with E-state index < -0.39 is 11.6 Å². The SMILES string of the molecule is CCOc1ccc(NCc2c(F)cccc2F)cc1Cl. The quantitative estimate of drug-likeness (QED) is 0.869. The van der Waals surface area contributed by atoms with Gasteiger partial charge in [-0.2, -0.15) is 0 Å². The maximum atomic E-state index is 13.5. The van der Waals surface area contributed by atoms with E-state index in [9.17, 15) is 8.78 Å². The second-order valence-electron chi connectivity index (χ2n) is 4.13. The number of ether oxygens (including phenoxy) is 1. The molecular weight excluding hydrogens is 284 g/mol. The van der Waals surface area contributed by atoms with Crippen LogP contribution in [0.1, 0.15) is 12.5 Å². The number of anilines is 1.